The van der Waals surface area contributed by atoms with Gasteiger partial charge in [-0.15, -0.1) is 0 Å². The van der Waals surface area contributed by atoms with Crippen molar-refractivity contribution >= 4 is 11.6 Å². The fourth-order valence-corrected chi connectivity index (χ4v) is 1.67. The smallest absolute Gasteiger partial charge is 0.251 e. The van der Waals surface area contributed by atoms with Crippen molar-refractivity contribution in [2.24, 2.45) is 0 Å². The van der Waals surface area contributed by atoms with E-state index in [0.29, 0.717) is 12.1 Å². The van der Waals surface area contributed by atoms with Gasteiger partial charge in [0.25, 0.3) is 5.91 Å². The zero-order valence-corrected chi connectivity index (χ0v) is 10.4. The molecule has 0 atom stereocenters. The van der Waals surface area contributed by atoms with Crippen molar-refractivity contribution in [3.05, 3.63) is 47.3 Å². The molecule has 0 saturated carbocycles. The lowest BCUT2D eigenvalue weighted by Gasteiger charge is -2.10. The average molecular weight is 244 g/mol. The Kier molecular flexibility index (Phi) is 3.62. The Morgan fingerprint density at radius 3 is 2.89 bits per heavy atom. The number of aromatic amines is 1. The number of carbonyl (C=O) groups is 1. The van der Waals surface area contributed by atoms with E-state index in [1.807, 2.05) is 31.2 Å². The molecule has 0 aliphatic carbocycles. The summed E-state index contributed by atoms with van der Waals surface area (Å²) in [5, 5.41) is 12.7. The highest BCUT2D eigenvalue weighted by atomic mass is 16.1. The lowest BCUT2D eigenvalue weighted by atomic mass is 10.1. The van der Waals surface area contributed by atoms with Crippen molar-refractivity contribution in [3.63, 3.8) is 0 Å². The molecule has 1 aromatic carbocycles. The average Bonchev–Trinajstić information content (AvgIpc) is 2.90. The summed E-state index contributed by atoms with van der Waals surface area (Å²) in [6.07, 6.45) is 1.71. The Morgan fingerprint density at radius 1 is 1.39 bits per heavy atom. The first kappa shape index (κ1) is 12.2. The minimum Gasteiger partial charge on any atom is -0.379 e. The monoisotopic (exact) mass is 244 g/mol. The van der Waals surface area contributed by atoms with Crippen molar-refractivity contribution in [2.75, 3.05) is 12.4 Å². The largest absolute Gasteiger partial charge is 0.379 e. The van der Waals surface area contributed by atoms with Gasteiger partial charge in [-0.1, -0.05) is 6.07 Å². The summed E-state index contributed by atoms with van der Waals surface area (Å²) >= 11 is 0. The molecule has 0 unspecified atom stereocenters. The Morgan fingerprint density at radius 2 is 2.22 bits per heavy atom. The first-order chi connectivity index (χ1) is 8.70. The molecule has 2 rings (SSSR count). The molecule has 0 spiro atoms. The summed E-state index contributed by atoms with van der Waals surface area (Å²) in [6, 6.07) is 7.50. The summed E-state index contributed by atoms with van der Waals surface area (Å²) in [7, 11) is 1.62. The fourth-order valence-electron chi connectivity index (χ4n) is 1.67. The number of hydrogen-bond acceptors (Lipinski definition) is 3. The molecule has 0 aliphatic heterocycles. The minimum atomic E-state index is -0.0837. The van der Waals surface area contributed by atoms with Crippen molar-refractivity contribution in [1.82, 2.24) is 15.5 Å². The summed E-state index contributed by atoms with van der Waals surface area (Å²) in [5.74, 6) is -0.0837. The highest BCUT2D eigenvalue weighted by molar-refractivity contribution is 5.95. The van der Waals surface area contributed by atoms with Crippen LogP contribution < -0.4 is 10.6 Å². The van der Waals surface area contributed by atoms with Gasteiger partial charge in [0.2, 0.25) is 0 Å². The van der Waals surface area contributed by atoms with Crippen LogP contribution in [0.25, 0.3) is 0 Å². The van der Waals surface area contributed by atoms with E-state index < -0.39 is 0 Å². The highest BCUT2D eigenvalue weighted by Gasteiger charge is 2.06. The van der Waals surface area contributed by atoms with E-state index in [1.54, 1.807) is 13.2 Å². The summed E-state index contributed by atoms with van der Waals surface area (Å²) in [5.41, 5.74) is 3.70. The summed E-state index contributed by atoms with van der Waals surface area (Å²) in [6.45, 7) is 2.65. The number of benzene rings is 1. The predicted octanol–water partition coefficient (Wildman–Crippen LogP) is 1.69. The number of nitrogens with zero attached hydrogens (tertiary/aromatic N) is 1. The normalized spacial score (nSPS) is 10.1. The van der Waals surface area contributed by atoms with Crippen LogP contribution in [0.5, 0.6) is 0 Å². The Balaban J connectivity index is 2.13. The zero-order chi connectivity index (χ0) is 13.0. The van der Waals surface area contributed by atoms with Gasteiger partial charge in [-0.3, -0.25) is 9.89 Å². The molecule has 3 N–H and O–H groups in total. The lowest BCUT2D eigenvalue weighted by Crippen LogP contribution is -2.18. The number of aryl methyl sites for hydroxylation is 1. The highest BCUT2D eigenvalue weighted by Crippen LogP contribution is 2.17. The predicted molar refractivity (Wildman–Crippen MR) is 70.5 cm³/mol. The van der Waals surface area contributed by atoms with Crippen LogP contribution in [0.1, 0.15) is 21.6 Å². The second-order valence-electron chi connectivity index (χ2n) is 4.04. The number of hydrogen-bond donors (Lipinski definition) is 3. The first-order valence-electron chi connectivity index (χ1n) is 5.75. The lowest BCUT2D eigenvalue weighted by molar-refractivity contribution is 0.0963. The topological polar surface area (TPSA) is 69.8 Å². The molecule has 1 aromatic heterocycles. The van der Waals surface area contributed by atoms with Crippen LogP contribution in [0.4, 0.5) is 5.69 Å². The number of amides is 1. The molecule has 0 bridgehead atoms. The maximum atomic E-state index is 11.6. The Hall–Kier alpha value is -2.30. The number of carbonyl (C=O) groups excluding carboxylic acids is 1. The molecule has 94 valence electrons. The molecule has 0 fully saturated rings. The molecule has 18 heavy (non-hydrogen) atoms. The van der Waals surface area contributed by atoms with Crippen LogP contribution in [0.2, 0.25) is 0 Å². The van der Waals surface area contributed by atoms with E-state index in [9.17, 15) is 4.79 Å². The summed E-state index contributed by atoms with van der Waals surface area (Å²) < 4.78 is 0. The van der Waals surface area contributed by atoms with Crippen LogP contribution in [0, 0.1) is 6.92 Å². The van der Waals surface area contributed by atoms with Crippen LogP contribution in [-0.2, 0) is 6.54 Å². The zero-order valence-electron chi connectivity index (χ0n) is 10.4. The van der Waals surface area contributed by atoms with E-state index in [1.165, 1.54) is 0 Å². The van der Waals surface area contributed by atoms with Gasteiger partial charge >= 0.3 is 0 Å². The summed E-state index contributed by atoms with van der Waals surface area (Å²) in [4.78, 5) is 11.6. The van der Waals surface area contributed by atoms with Crippen molar-refractivity contribution < 1.29 is 4.79 Å². The number of H-pyrrole nitrogens is 1. The second kappa shape index (κ2) is 5.35. The van der Waals surface area contributed by atoms with Gasteiger partial charge in [0.1, 0.15) is 0 Å². The quantitative estimate of drug-likeness (QED) is 0.766. The number of aromatic nitrogens is 2. The molecule has 0 saturated heterocycles. The molecule has 2 aromatic rings. The standard InChI is InChI=1S/C13H16N4O/c1-9-3-4-10(13(18)14-2)7-12(9)15-8-11-5-6-16-17-11/h3-7,15H,8H2,1-2H3,(H,14,18)(H,16,17). The van der Waals surface area contributed by atoms with Gasteiger partial charge < -0.3 is 10.6 Å². The van der Waals surface area contributed by atoms with Crippen LogP contribution in [0.3, 0.4) is 0 Å². The first-order valence-corrected chi connectivity index (χ1v) is 5.75. The second-order valence-corrected chi connectivity index (χ2v) is 4.04. The van der Waals surface area contributed by atoms with E-state index in [-0.39, 0.29) is 5.91 Å². The third-order valence-corrected chi connectivity index (χ3v) is 2.75. The molecule has 1 heterocycles. The van der Waals surface area contributed by atoms with Crippen molar-refractivity contribution in [3.8, 4) is 0 Å². The van der Waals surface area contributed by atoms with Gasteiger partial charge in [-0.05, 0) is 30.7 Å². The number of nitrogens with one attached hydrogen (secondary N) is 3. The SMILES string of the molecule is CNC(=O)c1ccc(C)c(NCc2ccn[nH]2)c1. The number of anilines is 1. The van der Waals surface area contributed by atoms with E-state index in [4.69, 9.17) is 0 Å². The molecule has 1 amide bonds. The molecular weight excluding hydrogens is 228 g/mol. The molecule has 0 aliphatic rings. The minimum absolute atomic E-state index is 0.0837. The van der Waals surface area contributed by atoms with Crippen LogP contribution >= 0.6 is 0 Å². The van der Waals surface area contributed by atoms with Crippen molar-refractivity contribution in [1.29, 1.82) is 0 Å². The van der Waals surface area contributed by atoms with E-state index in [2.05, 4.69) is 20.8 Å². The van der Waals surface area contributed by atoms with Gasteiger partial charge in [-0.25, -0.2) is 0 Å². The molecule has 0 radical (unpaired) electrons. The van der Waals surface area contributed by atoms with Crippen molar-refractivity contribution in [2.45, 2.75) is 13.5 Å². The van der Waals surface area contributed by atoms with Crippen LogP contribution in [-0.4, -0.2) is 23.2 Å². The Labute approximate surface area is 106 Å². The third-order valence-electron chi connectivity index (χ3n) is 2.75. The third kappa shape index (κ3) is 2.68. The van der Waals surface area contributed by atoms with Gasteiger partial charge in [0.05, 0.1) is 12.2 Å². The maximum absolute atomic E-state index is 11.6. The number of rotatable bonds is 4. The Bertz CT molecular complexity index is 534. The van der Waals surface area contributed by atoms with E-state index in [0.717, 1.165) is 16.9 Å². The molecule has 5 heteroatoms. The van der Waals surface area contributed by atoms with Gasteiger partial charge in [-0.2, -0.15) is 5.10 Å². The molecule has 5 nitrogen and oxygen atoms in total. The van der Waals surface area contributed by atoms with E-state index >= 15 is 0 Å². The van der Waals surface area contributed by atoms with Gasteiger partial charge in [0, 0.05) is 24.5 Å². The molecular formula is C13H16N4O. The van der Waals surface area contributed by atoms with Gasteiger partial charge in [0.15, 0.2) is 0 Å². The van der Waals surface area contributed by atoms with Crippen LogP contribution in [0.15, 0.2) is 30.5 Å². The fraction of sp³-hybridized carbons (Fsp3) is 0.231. The maximum Gasteiger partial charge on any atom is 0.251 e.